The summed E-state index contributed by atoms with van der Waals surface area (Å²) in [6.07, 6.45) is 7.20. The molecule has 1 saturated heterocycles. The lowest BCUT2D eigenvalue weighted by Crippen LogP contribution is -2.52. The van der Waals surface area contributed by atoms with E-state index in [9.17, 15) is 14.7 Å². The summed E-state index contributed by atoms with van der Waals surface area (Å²) in [5.74, 6) is -0.553. The first kappa shape index (κ1) is 20.6. The normalized spacial score (nSPS) is 18.6. The Morgan fingerprint density at radius 1 is 1.13 bits per heavy atom. The molecule has 2 atom stereocenters. The van der Waals surface area contributed by atoms with Gasteiger partial charge in [0.05, 0.1) is 18.8 Å². The molecule has 1 aromatic carbocycles. The Hall–Kier alpha value is -3.69. The van der Waals surface area contributed by atoms with E-state index in [0.29, 0.717) is 12.2 Å². The maximum atomic E-state index is 12.5. The monoisotopic (exact) mass is 419 g/mol. The van der Waals surface area contributed by atoms with Gasteiger partial charge in [-0.15, -0.1) is 0 Å². The fourth-order valence-corrected chi connectivity index (χ4v) is 3.48. The Kier molecular flexibility index (Phi) is 6.25. The SMILES string of the molecule is O=C(Nc1ccc(C2OCC(=O)N(Cc3cccnc3)C2CO)cc1)c1cnccn1. The van der Waals surface area contributed by atoms with Crippen LogP contribution in [0.15, 0.2) is 67.4 Å². The minimum Gasteiger partial charge on any atom is -0.394 e. The van der Waals surface area contributed by atoms with Gasteiger partial charge in [-0.3, -0.25) is 19.6 Å². The third-order valence-electron chi connectivity index (χ3n) is 5.01. The van der Waals surface area contributed by atoms with E-state index in [-0.39, 0.29) is 30.7 Å². The zero-order valence-corrected chi connectivity index (χ0v) is 16.6. The first-order valence-corrected chi connectivity index (χ1v) is 9.74. The van der Waals surface area contributed by atoms with Gasteiger partial charge in [-0.1, -0.05) is 18.2 Å². The molecule has 1 fully saturated rings. The fourth-order valence-electron chi connectivity index (χ4n) is 3.48. The van der Waals surface area contributed by atoms with Gasteiger partial charge in [-0.25, -0.2) is 4.98 Å². The second-order valence-corrected chi connectivity index (χ2v) is 7.03. The van der Waals surface area contributed by atoms with Crippen molar-refractivity contribution < 1.29 is 19.4 Å². The maximum absolute atomic E-state index is 12.5. The number of benzene rings is 1. The summed E-state index contributed by atoms with van der Waals surface area (Å²) in [5, 5.41) is 12.8. The molecule has 3 aromatic rings. The van der Waals surface area contributed by atoms with Crippen LogP contribution in [0.25, 0.3) is 0 Å². The Labute approximate surface area is 178 Å². The van der Waals surface area contributed by atoms with E-state index in [1.807, 2.05) is 6.07 Å². The second-order valence-electron chi connectivity index (χ2n) is 7.03. The fraction of sp³-hybridized carbons (Fsp3) is 0.227. The van der Waals surface area contributed by atoms with Crippen LogP contribution in [-0.2, 0) is 16.1 Å². The molecule has 2 unspecified atom stereocenters. The first-order chi connectivity index (χ1) is 15.2. The van der Waals surface area contributed by atoms with E-state index in [1.165, 1.54) is 18.6 Å². The number of carbonyl (C=O) groups is 2. The van der Waals surface area contributed by atoms with Gasteiger partial charge in [0.25, 0.3) is 5.91 Å². The molecule has 0 aliphatic carbocycles. The first-order valence-electron chi connectivity index (χ1n) is 9.74. The summed E-state index contributed by atoms with van der Waals surface area (Å²) in [6, 6.07) is 10.2. The van der Waals surface area contributed by atoms with Crippen LogP contribution in [0, 0.1) is 0 Å². The van der Waals surface area contributed by atoms with E-state index in [2.05, 4.69) is 20.3 Å². The Morgan fingerprint density at radius 3 is 2.61 bits per heavy atom. The van der Waals surface area contributed by atoms with Gasteiger partial charge in [-0.05, 0) is 29.3 Å². The number of aliphatic hydroxyl groups is 1. The van der Waals surface area contributed by atoms with Crippen molar-refractivity contribution in [3.63, 3.8) is 0 Å². The van der Waals surface area contributed by atoms with Gasteiger partial charge in [0, 0.05) is 37.0 Å². The van der Waals surface area contributed by atoms with Crippen molar-refractivity contribution in [3.8, 4) is 0 Å². The van der Waals surface area contributed by atoms with Crippen molar-refractivity contribution in [2.75, 3.05) is 18.5 Å². The van der Waals surface area contributed by atoms with Crippen LogP contribution in [0.3, 0.4) is 0 Å². The van der Waals surface area contributed by atoms with E-state index in [4.69, 9.17) is 4.74 Å². The van der Waals surface area contributed by atoms with Gasteiger partial charge in [0.15, 0.2) is 0 Å². The average Bonchev–Trinajstić information content (AvgIpc) is 2.82. The molecule has 9 nitrogen and oxygen atoms in total. The predicted molar refractivity (Wildman–Crippen MR) is 111 cm³/mol. The van der Waals surface area contributed by atoms with Crippen molar-refractivity contribution >= 4 is 17.5 Å². The number of nitrogens with one attached hydrogen (secondary N) is 1. The lowest BCUT2D eigenvalue weighted by Gasteiger charge is -2.40. The molecule has 0 spiro atoms. The molecule has 158 valence electrons. The molecule has 2 aromatic heterocycles. The van der Waals surface area contributed by atoms with E-state index >= 15 is 0 Å². The van der Waals surface area contributed by atoms with Crippen molar-refractivity contribution in [3.05, 3.63) is 84.2 Å². The molecule has 1 aliphatic heterocycles. The molecule has 31 heavy (non-hydrogen) atoms. The zero-order chi connectivity index (χ0) is 21.6. The highest BCUT2D eigenvalue weighted by Gasteiger charge is 2.37. The molecule has 0 bridgehead atoms. The quantitative estimate of drug-likeness (QED) is 0.623. The summed E-state index contributed by atoms with van der Waals surface area (Å²) >= 11 is 0. The summed E-state index contributed by atoms with van der Waals surface area (Å²) in [7, 11) is 0. The number of anilines is 1. The highest BCUT2D eigenvalue weighted by Crippen LogP contribution is 2.30. The van der Waals surface area contributed by atoms with Crippen molar-refractivity contribution in [2.24, 2.45) is 0 Å². The number of hydrogen-bond donors (Lipinski definition) is 2. The molecule has 0 radical (unpaired) electrons. The van der Waals surface area contributed by atoms with Gasteiger partial charge in [-0.2, -0.15) is 0 Å². The van der Waals surface area contributed by atoms with Crippen molar-refractivity contribution in [1.29, 1.82) is 0 Å². The number of rotatable bonds is 6. The standard InChI is InChI=1S/C22H21N5O4/c28-13-19-21(31-14-20(29)27(19)12-15-2-1-7-23-10-15)16-3-5-17(6-4-16)26-22(30)18-11-24-8-9-25-18/h1-11,19,21,28H,12-14H2,(H,26,30). The lowest BCUT2D eigenvalue weighted by atomic mass is 9.98. The molecule has 3 heterocycles. The molecule has 0 saturated carbocycles. The zero-order valence-electron chi connectivity index (χ0n) is 16.6. The van der Waals surface area contributed by atoms with E-state index < -0.39 is 12.1 Å². The van der Waals surface area contributed by atoms with Crippen molar-refractivity contribution in [1.82, 2.24) is 19.9 Å². The summed E-state index contributed by atoms with van der Waals surface area (Å²) < 4.78 is 5.77. The number of aliphatic hydroxyl groups excluding tert-OH is 1. The van der Waals surface area contributed by atoms with E-state index in [1.54, 1.807) is 47.6 Å². The molecule has 4 rings (SSSR count). The Balaban J connectivity index is 1.48. The predicted octanol–water partition coefficient (Wildman–Crippen LogP) is 1.58. The Bertz CT molecular complexity index is 1030. The number of aromatic nitrogens is 3. The van der Waals surface area contributed by atoms with Crippen LogP contribution in [0.2, 0.25) is 0 Å². The summed E-state index contributed by atoms with van der Waals surface area (Å²) in [6.45, 7) is 0.0123. The topological polar surface area (TPSA) is 118 Å². The number of pyridine rings is 1. The molecular weight excluding hydrogens is 398 g/mol. The average molecular weight is 419 g/mol. The smallest absolute Gasteiger partial charge is 0.275 e. The number of hydrogen-bond acceptors (Lipinski definition) is 7. The highest BCUT2D eigenvalue weighted by atomic mass is 16.5. The molecular formula is C22H21N5O4. The van der Waals surface area contributed by atoms with Gasteiger partial charge >= 0.3 is 0 Å². The summed E-state index contributed by atoms with van der Waals surface area (Å²) in [4.78, 5) is 38.3. The number of carbonyl (C=O) groups excluding carboxylic acids is 2. The third-order valence-corrected chi connectivity index (χ3v) is 5.01. The highest BCUT2D eigenvalue weighted by molar-refractivity contribution is 6.02. The van der Waals surface area contributed by atoms with Crippen LogP contribution in [0.5, 0.6) is 0 Å². The summed E-state index contributed by atoms with van der Waals surface area (Å²) in [5.41, 5.74) is 2.46. The second kappa shape index (κ2) is 9.41. The number of morpholine rings is 1. The lowest BCUT2D eigenvalue weighted by molar-refractivity contribution is -0.162. The van der Waals surface area contributed by atoms with Crippen LogP contribution >= 0.6 is 0 Å². The molecule has 2 N–H and O–H groups in total. The maximum Gasteiger partial charge on any atom is 0.275 e. The largest absolute Gasteiger partial charge is 0.394 e. The van der Waals surface area contributed by atoms with Gasteiger partial charge in [0.2, 0.25) is 5.91 Å². The van der Waals surface area contributed by atoms with Gasteiger partial charge in [0.1, 0.15) is 18.4 Å². The van der Waals surface area contributed by atoms with Crippen LogP contribution in [0.1, 0.15) is 27.7 Å². The number of ether oxygens (including phenoxy) is 1. The Morgan fingerprint density at radius 2 is 1.94 bits per heavy atom. The van der Waals surface area contributed by atoms with Crippen LogP contribution in [-0.4, -0.2) is 56.0 Å². The molecule has 9 heteroatoms. The van der Waals surface area contributed by atoms with Crippen LogP contribution < -0.4 is 5.32 Å². The minimum atomic E-state index is -0.540. The van der Waals surface area contributed by atoms with E-state index in [0.717, 1.165) is 11.1 Å². The van der Waals surface area contributed by atoms with Crippen molar-refractivity contribution in [2.45, 2.75) is 18.7 Å². The van der Waals surface area contributed by atoms with Gasteiger partial charge < -0.3 is 20.1 Å². The molecule has 1 aliphatic rings. The third kappa shape index (κ3) is 4.73. The number of amides is 2. The molecule has 2 amide bonds. The minimum absolute atomic E-state index is 0.0768. The van der Waals surface area contributed by atoms with Crippen LogP contribution in [0.4, 0.5) is 5.69 Å². The number of nitrogens with zero attached hydrogens (tertiary/aromatic N) is 4.